The van der Waals surface area contributed by atoms with E-state index in [1.165, 1.54) is 18.4 Å². The maximum absolute atomic E-state index is 12.4. The van der Waals surface area contributed by atoms with E-state index in [2.05, 4.69) is 17.4 Å². The second-order valence-electron chi connectivity index (χ2n) is 4.87. The van der Waals surface area contributed by atoms with E-state index in [1.807, 2.05) is 17.0 Å². The van der Waals surface area contributed by atoms with E-state index >= 15 is 0 Å². The number of amides is 1. The van der Waals surface area contributed by atoms with Gasteiger partial charge in [0.1, 0.15) is 0 Å². The molecule has 2 aliphatic rings. The molecule has 2 heterocycles. The zero-order valence-electron chi connectivity index (χ0n) is 9.98. The molecule has 1 amide bonds. The fourth-order valence-electron chi connectivity index (χ4n) is 2.82. The number of carbonyl (C=O) groups excluding carboxylic acids is 1. The van der Waals surface area contributed by atoms with Crippen molar-refractivity contribution in [1.82, 2.24) is 5.32 Å². The Morgan fingerprint density at radius 3 is 3.00 bits per heavy atom. The molecule has 0 radical (unpaired) electrons. The van der Waals surface area contributed by atoms with Gasteiger partial charge in [-0.3, -0.25) is 4.79 Å². The average molecular weight is 230 g/mol. The Balaban J connectivity index is 1.79. The first-order valence-corrected chi connectivity index (χ1v) is 6.49. The molecule has 1 saturated heterocycles. The second kappa shape index (κ2) is 4.49. The first-order chi connectivity index (χ1) is 8.36. The van der Waals surface area contributed by atoms with Crippen LogP contribution in [0.4, 0.5) is 5.69 Å². The van der Waals surface area contributed by atoms with Gasteiger partial charge in [-0.05, 0) is 37.4 Å². The number of piperidine rings is 1. The summed E-state index contributed by atoms with van der Waals surface area (Å²) >= 11 is 0. The lowest BCUT2D eigenvalue weighted by atomic mass is 10.0. The molecule has 0 aliphatic carbocycles. The first kappa shape index (κ1) is 10.8. The Hall–Kier alpha value is -1.35. The van der Waals surface area contributed by atoms with Crippen LogP contribution >= 0.6 is 0 Å². The number of fused-ring (bicyclic) bond motifs is 1. The van der Waals surface area contributed by atoms with Crippen molar-refractivity contribution in [1.29, 1.82) is 0 Å². The highest BCUT2D eigenvalue weighted by Gasteiger charge is 2.30. The number of nitrogens with one attached hydrogen (secondary N) is 1. The molecule has 1 fully saturated rings. The lowest BCUT2D eigenvalue weighted by molar-refractivity contribution is -0.121. The van der Waals surface area contributed by atoms with Crippen LogP contribution in [-0.4, -0.2) is 25.0 Å². The normalized spacial score (nSPS) is 23.5. The number of rotatable bonds is 1. The van der Waals surface area contributed by atoms with Gasteiger partial charge in [0, 0.05) is 12.2 Å². The number of nitrogens with zero attached hydrogens (tertiary/aromatic N) is 1. The van der Waals surface area contributed by atoms with Gasteiger partial charge >= 0.3 is 0 Å². The molecule has 1 atom stereocenters. The van der Waals surface area contributed by atoms with Crippen molar-refractivity contribution >= 4 is 11.6 Å². The molecule has 0 saturated carbocycles. The van der Waals surface area contributed by atoms with Gasteiger partial charge < -0.3 is 10.2 Å². The molecule has 3 rings (SSSR count). The smallest absolute Gasteiger partial charge is 0.244 e. The Morgan fingerprint density at radius 1 is 1.29 bits per heavy atom. The van der Waals surface area contributed by atoms with Crippen LogP contribution in [0.2, 0.25) is 0 Å². The molecule has 90 valence electrons. The summed E-state index contributed by atoms with van der Waals surface area (Å²) < 4.78 is 0. The van der Waals surface area contributed by atoms with Gasteiger partial charge in [-0.25, -0.2) is 0 Å². The van der Waals surface area contributed by atoms with Crippen LogP contribution in [0.25, 0.3) is 0 Å². The number of benzene rings is 1. The molecule has 3 heteroatoms. The van der Waals surface area contributed by atoms with E-state index in [1.54, 1.807) is 0 Å². The van der Waals surface area contributed by atoms with Gasteiger partial charge in [-0.2, -0.15) is 0 Å². The van der Waals surface area contributed by atoms with Crippen LogP contribution in [0, 0.1) is 0 Å². The van der Waals surface area contributed by atoms with Gasteiger partial charge in [-0.1, -0.05) is 24.6 Å². The molecule has 1 N–H and O–H groups in total. The topological polar surface area (TPSA) is 32.3 Å². The molecular formula is C14H18N2O. The standard InChI is InChI=1S/C14H18N2O/c17-14(12-6-3-4-9-15-12)16-10-8-11-5-1-2-7-13(11)16/h1-2,5,7,12,15H,3-4,6,8-10H2/t12-/m1/s1. The van der Waals surface area contributed by atoms with E-state index in [0.717, 1.165) is 31.6 Å². The molecule has 17 heavy (non-hydrogen) atoms. The summed E-state index contributed by atoms with van der Waals surface area (Å²) in [4.78, 5) is 14.4. The van der Waals surface area contributed by atoms with Crippen molar-refractivity contribution in [2.24, 2.45) is 0 Å². The zero-order valence-corrected chi connectivity index (χ0v) is 9.98. The van der Waals surface area contributed by atoms with Crippen LogP contribution in [-0.2, 0) is 11.2 Å². The molecule has 3 nitrogen and oxygen atoms in total. The minimum Gasteiger partial charge on any atom is -0.310 e. The lowest BCUT2D eigenvalue weighted by Gasteiger charge is -2.27. The van der Waals surface area contributed by atoms with Crippen LogP contribution in [0.3, 0.4) is 0 Å². The van der Waals surface area contributed by atoms with Crippen molar-refractivity contribution in [2.75, 3.05) is 18.0 Å². The number of para-hydroxylation sites is 1. The van der Waals surface area contributed by atoms with E-state index in [-0.39, 0.29) is 11.9 Å². The summed E-state index contributed by atoms with van der Waals surface area (Å²) in [5.74, 6) is 0.259. The van der Waals surface area contributed by atoms with Crippen LogP contribution in [0.15, 0.2) is 24.3 Å². The first-order valence-electron chi connectivity index (χ1n) is 6.49. The summed E-state index contributed by atoms with van der Waals surface area (Å²) in [6, 6.07) is 8.28. The van der Waals surface area contributed by atoms with Gasteiger partial charge in [0.15, 0.2) is 0 Å². The van der Waals surface area contributed by atoms with E-state index in [9.17, 15) is 4.79 Å². The van der Waals surface area contributed by atoms with Gasteiger partial charge in [0.25, 0.3) is 0 Å². The quantitative estimate of drug-likeness (QED) is 0.796. The van der Waals surface area contributed by atoms with Gasteiger partial charge in [0.05, 0.1) is 6.04 Å². The van der Waals surface area contributed by atoms with Crippen molar-refractivity contribution in [2.45, 2.75) is 31.7 Å². The highest BCUT2D eigenvalue weighted by molar-refractivity contribution is 5.99. The molecule has 1 aromatic carbocycles. The number of hydrogen-bond donors (Lipinski definition) is 1. The highest BCUT2D eigenvalue weighted by Crippen LogP contribution is 2.28. The van der Waals surface area contributed by atoms with Crippen molar-refractivity contribution in [3.63, 3.8) is 0 Å². The van der Waals surface area contributed by atoms with Crippen LogP contribution < -0.4 is 10.2 Å². The third-order valence-corrected chi connectivity index (χ3v) is 3.76. The maximum Gasteiger partial charge on any atom is 0.244 e. The Kier molecular flexibility index (Phi) is 2.85. The Labute approximate surface area is 102 Å². The lowest BCUT2D eigenvalue weighted by Crippen LogP contribution is -2.48. The van der Waals surface area contributed by atoms with Gasteiger partial charge in [0.2, 0.25) is 5.91 Å². The van der Waals surface area contributed by atoms with Crippen molar-refractivity contribution in [3.05, 3.63) is 29.8 Å². The Bertz CT molecular complexity index is 424. The summed E-state index contributed by atoms with van der Waals surface area (Å²) in [6.07, 6.45) is 4.34. The molecular weight excluding hydrogens is 212 g/mol. The number of carbonyl (C=O) groups is 1. The highest BCUT2D eigenvalue weighted by atomic mass is 16.2. The van der Waals surface area contributed by atoms with Gasteiger partial charge in [-0.15, -0.1) is 0 Å². The third-order valence-electron chi connectivity index (χ3n) is 3.76. The minimum atomic E-state index is 0.0370. The second-order valence-corrected chi connectivity index (χ2v) is 4.87. The molecule has 0 aromatic heterocycles. The van der Waals surface area contributed by atoms with E-state index in [4.69, 9.17) is 0 Å². The predicted molar refractivity (Wildman–Crippen MR) is 68.1 cm³/mol. The summed E-state index contributed by atoms with van der Waals surface area (Å²) in [7, 11) is 0. The molecule has 0 spiro atoms. The molecule has 0 bridgehead atoms. The van der Waals surface area contributed by atoms with E-state index < -0.39 is 0 Å². The Morgan fingerprint density at radius 2 is 2.18 bits per heavy atom. The number of anilines is 1. The minimum absolute atomic E-state index is 0.0370. The summed E-state index contributed by atoms with van der Waals surface area (Å²) in [5.41, 5.74) is 2.42. The SMILES string of the molecule is O=C([C@H]1CCCCN1)N1CCc2ccccc21. The van der Waals surface area contributed by atoms with Crippen molar-refractivity contribution in [3.8, 4) is 0 Å². The predicted octanol–water partition coefficient (Wildman–Crippen LogP) is 1.72. The zero-order chi connectivity index (χ0) is 11.7. The summed E-state index contributed by atoms with van der Waals surface area (Å²) in [6.45, 7) is 1.82. The van der Waals surface area contributed by atoms with Crippen molar-refractivity contribution < 1.29 is 4.79 Å². The molecule has 1 aromatic rings. The van der Waals surface area contributed by atoms with Crippen LogP contribution in [0.5, 0.6) is 0 Å². The molecule has 0 unspecified atom stereocenters. The maximum atomic E-state index is 12.4. The monoisotopic (exact) mass is 230 g/mol. The molecule has 2 aliphatic heterocycles. The third kappa shape index (κ3) is 1.95. The number of hydrogen-bond acceptors (Lipinski definition) is 2. The summed E-state index contributed by atoms with van der Waals surface area (Å²) in [5, 5.41) is 3.34. The largest absolute Gasteiger partial charge is 0.310 e. The fourth-order valence-corrected chi connectivity index (χ4v) is 2.82. The van der Waals surface area contributed by atoms with E-state index in [0.29, 0.717) is 0 Å². The van der Waals surface area contributed by atoms with Crippen LogP contribution in [0.1, 0.15) is 24.8 Å². The fraction of sp³-hybridized carbons (Fsp3) is 0.500. The average Bonchev–Trinajstić information content (AvgIpc) is 2.83.